The molecule has 2 N–H and O–H groups in total. The first-order chi connectivity index (χ1) is 11.9. The second-order valence-electron chi connectivity index (χ2n) is 6.34. The average Bonchev–Trinajstić information content (AvgIpc) is 2.54. The van der Waals surface area contributed by atoms with E-state index in [4.69, 9.17) is 4.74 Å². The van der Waals surface area contributed by atoms with Crippen LogP contribution in [0.3, 0.4) is 0 Å². The van der Waals surface area contributed by atoms with E-state index in [0.29, 0.717) is 17.2 Å². The molecule has 0 saturated heterocycles. The molecule has 0 aromatic heterocycles. The van der Waals surface area contributed by atoms with Crippen molar-refractivity contribution in [3.63, 3.8) is 0 Å². The van der Waals surface area contributed by atoms with Crippen LogP contribution in [-0.4, -0.2) is 23.8 Å². The van der Waals surface area contributed by atoms with Crippen molar-refractivity contribution in [2.75, 3.05) is 6.61 Å². The van der Waals surface area contributed by atoms with Crippen LogP contribution in [0.4, 0.5) is 0 Å². The van der Waals surface area contributed by atoms with E-state index in [1.807, 2.05) is 38.1 Å². The maximum absolute atomic E-state index is 11.9. The van der Waals surface area contributed by atoms with Crippen molar-refractivity contribution in [1.29, 1.82) is 0 Å². The molecule has 0 heterocycles. The summed E-state index contributed by atoms with van der Waals surface area (Å²) in [5.74, 6) is 0.779. The van der Waals surface area contributed by atoms with Gasteiger partial charge >= 0.3 is 0 Å². The lowest BCUT2D eigenvalue weighted by molar-refractivity contribution is -0.123. The minimum Gasteiger partial charge on any atom is -0.507 e. The number of nitrogens with zero attached hydrogens (tertiary/aromatic N) is 1. The zero-order valence-corrected chi connectivity index (χ0v) is 15.0. The Balaban J connectivity index is 1.93. The Morgan fingerprint density at radius 2 is 1.88 bits per heavy atom. The summed E-state index contributed by atoms with van der Waals surface area (Å²) in [4.78, 5) is 11.9. The molecule has 0 radical (unpaired) electrons. The number of carbonyl (C=O) groups is 1. The summed E-state index contributed by atoms with van der Waals surface area (Å²) in [7, 11) is 0. The Hall–Kier alpha value is -2.82. The number of benzene rings is 2. The summed E-state index contributed by atoms with van der Waals surface area (Å²) in [6.07, 6.45) is 1.40. The van der Waals surface area contributed by atoms with Crippen LogP contribution < -0.4 is 10.2 Å². The monoisotopic (exact) mass is 340 g/mol. The first-order valence-electron chi connectivity index (χ1n) is 8.21. The molecule has 0 saturated carbocycles. The van der Waals surface area contributed by atoms with Gasteiger partial charge in [-0.3, -0.25) is 4.79 Å². The second-order valence-corrected chi connectivity index (χ2v) is 6.34. The Kier molecular flexibility index (Phi) is 6.17. The molecule has 0 atom stereocenters. The molecule has 0 fully saturated rings. The molecule has 25 heavy (non-hydrogen) atoms. The number of amides is 1. The first-order valence-corrected chi connectivity index (χ1v) is 8.21. The molecule has 0 aliphatic carbocycles. The van der Waals surface area contributed by atoms with Crippen molar-refractivity contribution < 1.29 is 14.6 Å². The van der Waals surface area contributed by atoms with Gasteiger partial charge in [0.1, 0.15) is 11.5 Å². The molecule has 2 aromatic rings. The summed E-state index contributed by atoms with van der Waals surface area (Å²) in [5, 5.41) is 13.6. The first kappa shape index (κ1) is 18.5. The van der Waals surface area contributed by atoms with Gasteiger partial charge in [-0.05, 0) is 54.7 Å². The molecule has 0 bridgehead atoms. The van der Waals surface area contributed by atoms with Crippen molar-refractivity contribution in [3.8, 4) is 11.5 Å². The van der Waals surface area contributed by atoms with Crippen LogP contribution in [0, 0.1) is 13.8 Å². The highest BCUT2D eigenvalue weighted by Crippen LogP contribution is 2.27. The Labute approximate surface area is 148 Å². The third kappa shape index (κ3) is 5.35. The average molecular weight is 340 g/mol. The van der Waals surface area contributed by atoms with Gasteiger partial charge in [0.05, 0.1) is 6.21 Å². The predicted octanol–water partition coefficient (Wildman–Crippen LogP) is 3.66. The third-order valence-electron chi connectivity index (χ3n) is 3.73. The van der Waals surface area contributed by atoms with Gasteiger partial charge in [-0.15, -0.1) is 0 Å². The molecule has 5 nitrogen and oxygen atoms in total. The fraction of sp³-hybridized carbons (Fsp3) is 0.300. The standard InChI is InChI=1S/C20H24N2O3/c1-13(2)17-8-6-15(4)10-19(17)25-12-20(24)22-21-11-16-7-5-14(3)9-18(16)23/h5-11,13,23H,12H2,1-4H3,(H,22,24)/b21-11+. The van der Waals surface area contributed by atoms with E-state index in [1.165, 1.54) is 6.21 Å². The lowest BCUT2D eigenvalue weighted by Gasteiger charge is -2.14. The van der Waals surface area contributed by atoms with Gasteiger partial charge in [-0.25, -0.2) is 5.43 Å². The number of phenols is 1. The van der Waals surface area contributed by atoms with Crippen LogP contribution in [0.1, 0.15) is 42.0 Å². The molecule has 2 rings (SSSR count). The molecular weight excluding hydrogens is 316 g/mol. The van der Waals surface area contributed by atoms with Crippen LogP contribution in [-0.2, 0) is 4.79 Å². The van der Waals surface area contributed by atoms with Gasteiger partial charge in [0.25, 0.3) is 5.91 Å². The number of nitrogens with one attached hydrogen (secondary N) is 1. The summed E-state index contributed by atoms with van der Waals surface area (Å²) in [6, 6.07) is 11.2. The number of aryl methyl sites for hydroxylation is 2. The van der Waals surface area contributed by atoms with E-state index >= 15 is 0 Å². The second kappa shape index (κ2) is 8.33. The third-order valence-corrected chi connectivity index (χ3v) is 3.73. The van der Waals surface area contributed by atoms with Crippen LogP contribution in [0.5, 0.6) is 11.5 Å². The molecule has 0 spiro atoms. The van der Waals surface area contributed by atoms with Gasteiger partial charge < -0.3 is 9.84 Å². The summed E-state index contributed by atoms with van der Waals surface area (Å²) in [6.45, 7) is 7.90. The number of phenolic OH excluding ortho intramolecular Hbond substituents is 1. The topological polar surface area (TPSA) is 70.9 Å². The van der Waals surface area contributed by atoms with E-state index < -0.39 is 0 Å². The minimum absolute atomic E-state index is 0.121. The zero-order chi connectivity index (χ0) is 18.4. The summed E-state index contributed by atoms with van der Waals surface area (Å²) >= 11 is 0. The highest BCUT2D eigenvalue weighted by Gasteiger charge is 2.10. The van der Waals surface area contributed by atoms with E-state index in [1.54, 1.807) is 12.1 Å². The number of hydrogen-bond donors (Lipinski definition) is 2. The van der Waals surface area contributed by atoms with Gasteiger partial charge in [0.15, 0.2) is 6.61 Å². The largest absolute Gasteiger partial charge is 0.507 e. The Bertz CT molecular complexity index is 783. The van der Waals surface area contributed by atoms with Gasteiger partial charge in [0.2, 0.25) is 0 Å². The van der Waals surface area contributed by atoms with E-state index in [2.05, 4.69) is 24.4 Å². The molecule has 5 heteroatoms. The molecule has 1 amide bonds. The van der Waals surface area contributed by atoms with Gasteiger partial charge in [-0.2, -0.15) is 5.10 Å². The number of hydrazone groups is 1. The van der Waals surface area contributed by atoms with Gasteiger partial charge in [0, 0.05) is 5.56 Å². The fourth-order valence-corrected chi connectivity index (χ4v) is 2.36. The highest BCUT2D eigenvalue weighted by atomic mass is 16.5. The van der Waals surface area contributed by atoms with Crippen molar-refractivity contribution in [2.45, 2.75) is 33.6 Å². The summed E-state index contributed by atoms with van der Waals surface area (Å²) in [5.41, 5.74) is 6.02. The van der Waals surface area contributed by atoms with Gasteiger partial charge in [-0.1, -0.05) is 32.0 Å². The Morgan fingerprint density at radius 3 is 2.56 bits per heavy atom. The quantitative estimate of drug-likeness (QED) is 0.623. The SMILES string of the molecule is Cc1ccc(/C=N/NC(=O)COc2cc(C)ccc2C(C)C)c(O)c1. The lowest BCUT2D eigenvalue weighted by atomic mass is 10.0. The van der Waals surface area contributed by atoms with Crippen LogP contribution in [0.15, 0.2) is 41.5 Å². The number of carbonyl (C=O) groups excluding carboxylic acids is 1. The number of aromatic hydroxyl groups is 1. The van der Waals surface area contributed by atoms with Crippen molar-refractivity contribution >= 4 is 12.1 Å². The van der Waals surface area contributed by atoms with Crippen molar-refractivity contribution in [2.24, 2.45) is 5.10 Å². The van der Waals surface area contributed by atoms with E-state index in [0.717, 1.165) is 16.7 Å². The fourth-order valence-electron chi connectivity index (χ4n) is 2.36. The minimum atomic E-state index is -0.362. The smallest absolute Gasteiger partial charge is 0.277 e. The summed E-state index contributed by atoms with van der Waals surface area (Å²) < 4.78 is 5.65. The maximum atomic E-state index is 11.9. The van der Waals surface area contributed by atoms with Crippen molar-refractivity contribution in [3.05, 3.63) is 58.7 Å². The van der Waals surface area contributed by atoms with Crippen LogP contribution in [0.2, 0.25) is 0 Å². The molecule has 132 valence electrons. The number of ether oxygens (including phenoxy) is 1. The van der Waals surface area contributed by atoms with Crippen molar-refractivity contribution in [1.82, 2.24) is 5.43 Å². The molecule has 0 aliphatic heterocycles. The van der Waals surface area contributed by atoms with Crippen LogP contribution >= 0.6 is 0 Å². The normalized spacial score (nSPS) is 11.1. The van der Waals surface area contributed by atoms with E-state index in [9.17, 15) is 9.90 Å². The molecule has 0 aliphatic rings. The molecule has 0 unspecified atom stereocenters. The number of hydrogen-bond acceptors (Lipinski definition) is 4. The Morgan fingerprint density at radius 1 is 1.20 bits per heavy atom. The zero-order valence-electron chi connectivity index (χ0n) is 15.0. The highest BCUT2D eigenvalue weighted by molar-refractivity contribution is 5.85. The predicted molar refractivity (Wildman–Crippen MR) is 99.3 cm³/mol. The number of rotatable bonds is 6. The van der Waals surface area contributed by atoms with Crippen LogP contribution in [0.25, 0.3) is 0 Å². The maximum Gasteiger partial charge on any atom is 0.277 e. The molecular formula is C20H24N2O3. The molecule has 2 aromatic carbocycles. The lowest BCUT2D eigenvalue weighted by Crippen LogP contribution is -2.25. The van der Waals surface area contributed by atoms with E-state index in [-0.39, 0.29) is 18.3 Å².